The largest absolute Gasteiger partial charge is 0.264 e. The molecule has 0 radical (unpaired) electrons. The molecule has 0 amide bonds. The van der Waals surface area contributed by atoms with Crippen LogP contribution in [0.25, 0.3) is 10.6 Å². The summed E-state index contributed by atoms with van der Waals surface area (Å²) in [4.78, 5) is 8.27. The molecule has 2 aromatic heterocycles. The van der Waals surface area contributed by atoms with E-state index in [0.29, 0.717) is 5.01 Å². The molecule has 24 heavy (non-hydrogen) atoms. The van der Waals surface area contributed by atoms with Gasteiger partial charge in [0, 0.05) is 33.9 Å². The fourth-order valence-corrected chi connectivity index (χ4v) is 4.70. The maximum absolute atomic E-state index is 12.5. The standard InChI is InChI=1S/C16H14BrN3O2S2/c1-11(13-3-2-8-18-9-13)20-24(21,22)15-10-23-16(19-15)12-4-6-14(17)7-5-12/h2-11,20H,1H3. The highest BCUT2D eigenvalue weighted by Crippen LogP contribution is 2.27. The van der Waals surface area contributed by atoms with Gasteiger partial charge in [-0.05, 0) is 30.7 Å². The van der Waals surface area contributed by atoms with Gasteiger partial charge in [-0.2, -0.15) is 0 Å². The number of hydrogen-bond acceptors (Lipinski definition) is 5. The Hall–Kier alpha value is -1.61. The fraction of sp³-hybridized carbons (Fsp3) is 0.125. The van der Waals surface area contributed by atoms with E-state index in [9.17, 15) is 8.42 Å². The molecule has 1 unspecified atom stereocenters. The third-order valence-electron chi connectivity index (χ3n) is 3.37. The van der Waals surface area contributed by atoms with Crippen LogP contribution in [-0.4, -0.2) is 18.4 Å². The monoisotopic (exact) mass is 423 g/mol. The van der Waals surface area contributed by atoms with Crippen molar-refractivity contribution >= 4 is 37.3 Å². The van der Waals surface area contributed by atoms with E-state index >= 15 is 0 Å². The lowest BCUT2D eigenvalue weighted by molar-refractivity contribution is 0.563. The Morgan fingerprint density at radius 2 is 1.96 bits per heavy atom. The summed E-state index contributed by atoms with van der Waals surface area (Å²) >= 11 is 4.68. The van der Waals surface area contributed by atoms with Crippen molar-refractivity contribution in [2.45, 2.75) is 18.0 Å². The van der Waals surface area contributed by atoms with Crippen LogP contribution in [0.2, 0.25) is 0 Å². The van der Waals surface area contributed by atoms with E-state index in [1.807, 2.05) is 30.3 Å². The molecule has 1 atom stereocenters. The van der Waals surface area contributed by atoms with Crippen LogP contribution in [0.15, 0.2) is 63.7 Å². The van der Waals surface area contributed by atoms with Crippen LogP contribution in [-0.2, 0) is 10.0 Å². The zero-order chi connectivity index (χ0) is 17.2. The van der Waals surface area contributed by atoms with Crippen molar-refractivity contribution in [3.63, 3.8) is 0 Å². The molecule has 0 saturated carbocycles. The molecule has 3 aromatic rings. The number of rotatable bonds is 5. The van der Waals surface area contributed by atoms with Crippen molar-refractivity contribution in [3.8, 4) is 10.6 Å². The number of benzene rings is 1. The predicted molar refractivity (Wildman–Crippen MR) is 98.2 cm³/mol. The first kappa shape index (κ1) is 17.2. The second-order valence-corrected chi connectivity index (χ2v) is 8.56. The Labute approximate surface area is 153 Å². The molecule has 0 aliphatic rings. The first-order chi connectivity index (χ1) is 11.5. The second-order valence-electron chi connectivity index (χ2n) is 5.13. The van der Waals surface area contributed by atoms with Crippen molar-refractivity contribution in [1.29, 1.82) is 0 Å². The Morgan fingerprint density at radius 1 is 1.21 bits per heavy atom. The summed E-state index contributed by atoms with van der Waals surface area (Å²) in [5.74, 6) is 0. The van der Waals surface area contributed by atoms with E-state index in [0.717, 1.165) is 15.6 Å². The van der Waals surface area contributed by atoms with Crippen molar-refractivity contribution in [2.75, 3.05) is 0 Å². The Bertz CT molecular complexity index is 925. The van der Waals surface area contributed by atoms with Gasteiger partial charge in [-0.1, -0.05) is 34.1 Å². The smallest absolute Gasteiger partial charge is 0.259 e. The summed E-state index contributed by atoms with van der Waals surface area (Å²) in [5.41, 5.74) is 1.68. The Balaban J connectivity index is 1.82. The summed E-state index contributed by atoms with van der Waals surface area (Å²) in [7, 11) is -3.69. The predicted octanol–water partition coefficient (Wildman–Crippen LogP) is 4.01. The third kappa shape index (κ3) is 3.89. The third-order valence-corrected chi connectivity index (χ3v) is 6.36. The highest BCUT2D eigenvalue weighted by atomic mass is 79.9. The van der Waals surface area contributed by atoms with Gasteiger partial charge >= 0.3 is 0 Å². The maximum atomic E-state index is 12.5. The number of pyridine rings is 1. The van der Waals surface area contributed by atoms with E-state index in [4.69, 9.17) is 0 Å². The lowest BCUT2D eigenvalue weighted by Gasteiger charge is -2.12. The first-order valence-electron chi connectivity index (χ1n) is 7.09. The molecule has 2 heterocycles. The molecule has 0 aliphatic heterocycles. The highest BCUT2D eigenvalue weighted by Gasteiger charge is 2.22. The van der Waals surface area contributed by atoms with E-state index < -0.39 is 10.0 Å². The molecule has 0 bridgehead atoms. The summed E-state index contributed by atoms with van der Waals surface area (Å²) < 4.78 is 28.6. The minimum atomic E-state index is -3.69. The molecule has 3 rings (SSSR count). The topological polar surface area (TPSA) is 72.0 Å². The molecule has 5 nitrogen and oxygen atoms in total. The van der Waals surface area contributed by atoms with Gasteiger partial charge in [-0.15, -0.1) is 11.3 Å². The summed E-state index contributed by atoms with van der Waals surface area (Å²) in [5, 5.41) is 2.24. The second kappa shape index (κ2) is 7.10. The molecule has 0 spiro atoms. The molecule has 1 aromatic carbocycles. The van der Waals surface area contributed by atoms with Gasteiger partial charge in [0.15, 0.2) is 5.03 Å². The molecule has 0 saturated heterocycles. The molecule has 124 valence electrons. The van der Waals surface area contributed by atoms with Crippen LogP contribution >= 0.6 is 27.3 Å². The van der Waals surface area contributed by atoms with Crippen molar-refractivity contribution in [1.82, 2.24) is 14.7 Å². The number of sulfonamides is 1. The quantitative estimate of drug-likeness (QED) is 0.672. The zero-order valence-corrected chi connectivity index (χ0v) is 15.9. The van der Waals surface area contributed by atoms with Crippen molar-refractivity contribution in [2.24, 2.45) is 0 Å². The maximum Gasteiger partial charge on any atom is 0.259 e. The SMILES string of the molecule is CC(NS(=O)(=O)c1csc(-c2ccc(Br)cc2)n1)c1cccnc1. The van der Waals surface area contributed by atoms with Gasteiger partial charge in [-0.25, -0.2) is 18.1 Å². The van der Waals surface area contributed by atoms with E-state index in [-0.39, 0.29) is 11.1 Å². The van der Waals surface area contributed by atoms with Gasteiger partial charge < -0.3 is 0 Å². The Kier molecular flexibility index (Phi) is 5.09. The number of halogens is 1. The van der Waals surface area contributed by atoms with E-state index in [1.54, 1.807) is 30.8 Å². The van der Waals surface area contributed by atoms with Crippen LogP contribution in [0.4, 0.5) is 0 Å². The number of aromatic nitrogens is 2. The summed E-state index contributed by atoms with van der Waals surface area (Å²) in [6, 6.07) is 10.8. The summed E-state index contributed by atoms with van der Waals surface area (Å²) in [6.07, 6.45) is 3.29. The van der Waals surface area contributed by atoms with E-state index in [1.165, 1.54) is 11.3 Å². The molecular weight excluding hydrogens is 410 g/mol. The minimum absolute atomic E-state index is 0.0289. The molecule has 0 aliphatic carbocycles. The lowest BCUT2D eigenvalue weighted by Crippen LogP contribution is -2.27. The lowest BCUT2D eigenvalue weighted by atomic mass is 10.2. The van der Waals surface area contributed by atoms with Gasteiger partial charge in [0.25, 0.3) is 10.0 Å². The number of thiazole rings is 1. The number of hydrogen-bond donors (Lipinski definition) is 1. The number of nitrogens with one attached hydrogen (secondary N) is 1. The van der Waals surface area contributed by atoms with Crippen LogP contribution < -0.4 is 4.72 Å². The summed E-state index contributed by atoms with van der Waals surface area (Å²) in [6.45, 7) is 1.77. The number of nitrogens with zero attached hydrogens (tertiary/aromatic N) is 2. The fourth-order valence-electron chi connectivity index (χ4n) is 2.10. The van der Waals surface area contributed by atoms with Gasteiger partial charge in [0.2, 0.25) is 0 Å². The molecular formula is C16H14BrN3O2S2. The van der Waals surface area contributed by atoms with Crippen molar-refractivity contribution < 1.29 is 8.42 Å². The van der Waals surface area contributed by atoms with Crippen LogP contribution in [0.1, 0.15) is 18.5 Å². The van der Waals surface area contributed by atoms with E-state index in [2.05, 4.69) is 30.6 Å². The zero-order valence-electron chi connectivity index (χ0n) is 12.7. The van der Waals surface area contributed by atoms with Crippen LogP contribution in [0, 0.1) is 0 Å². The average molecular weight is 424 g/mol. The van der Waals surface area contributed by atoms with Crippen LogP contribution in [0.3, 0.4) is 0 Å². The minimum Gasteiger partial charge on any atom is -0.264 e. The highest BCUT2D eigenvalue weighted by molar-refractivity contribution is 9.10. The molecule has 0 fully saturated rings. The van der Waals surface area contributed by atoms with Crippen molar-refractivity contribution in [3.05, 3.63) is 64.2 Å². The molecule has 1 N–H and O–H groups in total. The normalized spacial score (nSPS) is 12.9. The van der Waals surface area contributed by atoms with Gasteiger partial charge in [0.05, 0.1) is 0 Å². The Morgan fingerprint density at radius 3 is 2.62 bits per heavy atom. The molecule has 8 heteroatoms. The average Bonchev–Trinajstić information content (AvgIpc) is 3.07. The first-order valence-corrected chi connectivity index (χ1v) is 10.2. The van der Waals surface area contributed by atoms with Gasteiger partial charge in [0.1, 0.15) is 5.01 Å². The van der Waals surface area contributed by atoms with Gasteiger partial charge in [-0.3, -0.25) is 4.98 Å². The van der Waals surface area contributed by atoms with Crippen LogP contribution in [0.5, 0.6) is 0 Å².